The minimum absolute atomic E-state index is 0.0175. The van der Waals surface area contributed by atoms with Crippen LogP contribution in [0.25, 0.3) is 0 Å². The molecular formula is C23H38O3. The molecule has 0 spiro atoms. The zero-order valence-electron chi connectivity index (χ0n) is 17.2. The summed E-state index contributed by atoms with van der Waals surface area (Å²) in [5, 5.41) is 9.83. The average Bonchev–Trinajstić information content (AvgIpc) is 2.87. The monoisotopic (exact) mass is 362 g/mol. The first-order chi connectivity index (χ1) is 12.2. The predicted molar refractivity (Wildman–Crippen MR) is 105 cm³/mol. The van der Waals surface area contributed by atoms with E-state index >= 15 is 0 Å². The van der Waals surface area contributed by atoms with Crippen LogP contribution in [0.1, 0.15) is 79.1 Å². The molecule has 148 valence electrons. The summed E-state index contributed by atoms with van der Waals surface area (Å²) in [6.07, 6.45) is 8.92. The van der Waals surface area contributed by atoms with Crippen molar-refractivity contribution < 1.29 is 14.6 Å². The Balaban J connectivity index is 1.92. The molecule has 0 aliphatic heterocycles. The lowest BCUT2D eigenvalue weighted by molar-refractivity contribution is -0.169. The summed E-state index contributed by atoms with van der Waals surface area (Å²) < 4.78 is 5.90. The van der Waals surface area contributed by atoms with Gasteiger partial charge in [-0.3, -0.25) is 4.79 Å². The Morgan fingerprint density at radius 3 is 2.62 bits per heavy atom. The van der Waals surface area contributed by atoms with Crippen LogP contribution < -0.4 is 0 Å². The third-order valence-electron chi connectivity index (χ3n) is 8.54. The number of esters is 1. The van der Waals surface area contributed by atoms with Crippen LogP contribution in [0.2, 0.25) is 0 Å². The first-order valence-electron chi connectivity index (χ1n) is 10.7. The molecule has 3 saturated carbocycles. The third kappa shape index (κ3) is 3.25. The summed E-state index contributed by atoms with van der Waals surface area (Å²) in [6.45, 7) is 13.2. The SMILES string of the molecule is C=C1CCC2[C@H](CCO)C([C@@]3(C)CC[C@H](C)C[C@@H]3OC(C)=O)CC[C@]12C. The lowest BCUT2D eigenvalue weighted by atomic mass is 9.50. The molecule has 0 aromatic carbocycles. The van der Waals surface area contributed by atoms with E-state index in [1.54, 1.807) is 6.92 Å². The molecule has 2 unspecified atom stereocenters. The van der Waals surface area contributed by atoms with Gasteiger partial charge in [0.25, 0.3) is 0 Å². The van der Waals surface area contributed by atoms with Gasteiger partial charge in [0.1, 0.15) is 6.10 Å². The van der Waals surface area contributed by atoms with Crippen molar-refractivity contribution >= 4 is 5.97 Å². The highest BCUT2D eigenvalue weighted by Crippen LogP contribution is 2.63. The number of ether oxygens (including phenoxy) is 1. The largest absolute Gasteiger partial charge is 0.462 e. The lowest BCUT2D eigenvalue weighted by Gasteiger charge is -2.56. The van der Waals surface area contributed by atoms with E-state index in [0.717, 1.165) is 25.7 Å². The zero-order chi connectivity index (χ0) is 19.1. The van der Waals surface area contributed by atoms with Gasteiger partial charge in [-0.05, 0) is 80.5 Å². The molecule has 0 amide bonds. The van der Waals surface area contributed by atoms with E-state index in [2.05, 4.69) is 27.4 Å². The zero-order valence-corrected chi connectivity index (χ0v) is 17.2. The van der Waals surface area contributed by atoms with Crippen LogP contribution in [0.15, 0.2) is 12.2 Å². The van der Waals surface area contributed by atoms with Gasteiger partial charge in [0, 0.05) is 18.9 Å². The van der Waals surface area contributed by atoms with Crippen molar-refractivity contribution in [2.24, 2.45) is 34.5 Å². The van der Waals surface area contributed by atoms with Crippen molar-refractivity contribution in [2.45, 2.75) is 85.2 Å². The standard InChI is InChI=1S/C23H38O3/c1-15-8-11-23(5,21(14-15)26-17(3)25)20-9-12-22(4)16(2)6-7-19(22)18(20)10-13-24/h15,18-21,24H,2,6-14H2,1,3-5H3/t15-,18-,19?,20?,21-,22+,23+/m0/s1. The average molecular weight is 363 g/mol. The Morgan fingerprint density at radius 2 is 1.96 bits per heavy atom. The molecule has 3 rings (SSSR count). The van der Waals surface area contributed by atoms with Crippen molar-refractivity contribution in [2.75, 3.05) is 6.61 Å². The fourth-order valence-electron chi connectivity index (χ4n) is 6.84. The summed E-state index contributed by atoms with van der Waals surface area (Å²) in [6, 6.07) is 0. The van der Waals surface area contributed by atoms with Crippen LogP contribution in [0.5, 0.6) is 0 Å². The number of hydrogen-bond acceptors (Lipinski definition) is 3. The summed E-state index contributed by atoms with van der Waals surface area (Å²) in [4.78, 5) is 11.8. The second-order valence-corrected chi connectivity index (χ2v) is 9.97. The molecule has 3 heteroatoms. The maximum Gasteiger partial charge on any atom is 0.302 e. The second-order valence-electron chi connectivity index (χ2n) is 9.97. The van der Waals surface area contributed by atoms with E-state index in [-0.39, 0.29) is 29.5 Å². The van der Waals surface area contributed by atoms with Gasteiger partial charge < -0.3 is 9.84 Å². The molecule has 0 aromatic rings. The fraction of sp³-hybridized carbons (Fsp3) is 0.870. The van der Waals surface area contributed by atoms with Crippen molar-refractivity contribution in [1.82, 2.24) is 0 Å². The highest BCUT2D eigenvalue weighted by atomic mass is 16.5. The second kappa shape index (κ2) is 7.30. The number of aliphatic hydroxyl groups is 1. The maximum atomic E-state index is 11.8. The smallest absolute Gasteiger partial charge is 0.302 e. The van der Waals surface area contributed by atoms with E-state index in [1.807, 2.05) is 0 Å². The number of fused-ring (bicyclic) bond motifs is 1. The Kier molecular flexibility index (Phi) is 5.59. The molecule has 3 nitrogen and oxygen atoms in total. The van der Waals surface area contributed by atoms with E-state index in [9.17, 15) is 9.90 Å². The van der Waals surface area contributed by atoms with E-state index < -0.39 is 0 Å². The van der Waals surface area contributed by atoms with Crippen LogP contribution in [0.4, 0.5) is 0 Å². The number of carbonyl (C=O) groups is 1. The van der Waals surface area contributed by atoms with Crippen LogP contribution >= 0.6 is 0 Å². The Bertz CT molecular complexity index is 556. The van der Waals surface area contributed by atoms with Gasteiger partial charge in [0.2, 0.25) is 0 Å². The molecule has 1 N–H and O–H groups in total. The first-order valence-corrected chi connectivity index (χ1v) is 10.7. The third-order valence-corrected chi connectivity index (χ3v) is 8.54. The summed E-state index contributed by atoms with van der Waals surface area (Å²) in [5.41, 5.74) is 1.69. The Morgan fingerprint density at radius 1 is 1.23 bits per heavy atom. The van der Waals surface area contributed by atoms with Gasteiger partial charge in [-0.15, -0.1) is 0 Å². The van der Waals surface area contributed by atoms with Gasteiger partial charge in [-0.25, -0.2) is 0 Å². The Hall–Kier alpha value is -0.830. The fourth-order valence-corrected chi connectivity index (χ4v) is 6.84. The number of carbonyl (C=O) groups excluding carboxylic acids is 1. The molecule has 0 bridgehead atoms. The van der Waals surface area contributed by atoms with Crippen LogP contribution in [0.3, 0.4) is 0 Å². The molecule has 0 aromatic heterocycles. The van der Waals surface area contributed by atoms with Crippen LogP contribution in [-0.2, 0) is 9.53 Å². The molecule has 0 saturated heterocycles. The number of hydrogen-bond donors (Lipinski definition) is 1. The van der Waals surface area contributed by atoms with Crippen molar-refractivity contribution in [3.8, 4) is 0 Å². The molecular weight excluding hydrogens is 324 g/mol. The molecule has 3 aliphatic rings. The number of aliphatic hydroxyl groups excluding tert-OH is 1. The molecule has 3 fully saturated rings. The van der Waals surface area contributed by atoms with Gasteiger partial charge in [-0.1, -0.05) is 32.9 Å². The normalized spacial score (nSPS) is 46.0. The summed E-state index contributed by atoms with van der Waals surface area (Å²) in [7, 11) is 0. The van der Waals surface area contributed by atoms with Gasteiger partial charge in [0.15, 0.2) is 0 Å². The molecule has 0 radical (unpaired) electrons. The quantitative estimate of drug-likeness (QED) is 0.557. The van der Waals surface area contributed by atoms with Gasteiger partial charge in [0.05, 0.1) is 0 Å². The van der Waals surface area contributed by atoms with Crippen LogP contribution in [-0.4, -0.2) is 23.8 Å². The summed E-state index contributed by atoms with van der Waals surface area (Å²) >= 11 is 0. The summed E-state index contributed by atoms with van der Waals surface area (Å²) in [5.74, 6) is 2.12. The Labute approximate surface area is 159 Å². The van der Waals surface area contributed by atoms with Crippen LogP contribution in [0, 0.1) is 34.5 Å². The maximum absolute atomic E-state index is 11.8. The number of allylic oxidation sites excluding steroid dienone is 1. The van der Waals surface area contributed by atoms with E-state index in [0.29, 0.717) is 23.7 Å². The van der Waals surface area contributed by atoms with Crippen molar-refractivity contribution in [1.29, 1.82) is 0 Å². The topological polar surface area (TPSA) is 46.5 Å². The molecule has 26 heavy (non-hydrogen) atoms. The molecule has 3 aliphatic carbocycles. The van der Waals surface area contributed by atoms with Crippen molar-refractivity contribution in [3.05, 3.63) is 12.2 Å². The lowest BCUT2D eigenvalue weighted by Crippen LogP contribution is -2.52. The molecule has 7 atom stereocenters. The van der Waals surface area contributed by atoms with E-state index in [4.69, 9.17) is 4.74 Å². The molecule has 0 heterocycles. The minimum atomic E-state index is -0.149. The number of rotatable bonds is 4. The van der Waals surface area contributed by atoms with Gasteiger partial charge >= 0.3 is 5.97 Å². The highest BCUT2D eigenvalue weighted by molar-refractivity contribution is 5.66. The van der Waals surface area contributed by atoms with Gasteiger partial charge in [-0.2, -0.15) is 0 Å². The first kappa shape index (κ1) is 19.9. The predicted octanol–water partition coefficient (Wildman–Crippen LogP) is 5.13. The van der Waals surface area contributed by atoms with E-state index in [1.165, 1.54) is 31.3 Å². The van der Waals surface area contributed by atoms with Crippen molar-refractivity contribution in [3.63, 3.8) is 0 Å². The highest BCUT2D eigenvalue weighted by Gasteiger charge is 2.57. The minimum Gasteiger partial charge on any atom is -0.462 e.